The van der Waals surface area contributed by atoms with Crippen LogP contribution < -0.4 is 10.1 Å². The van der Waals surface area contributed by atoms with Crippen molar-refractivity contribution >= 4 is 5.84 Å². The smallest absolute Gasteiger partial charge is 0.212 e. The molecule has 4 rings (SSSR count). The predicted octanol–water partition coefficient (Wildman–Crippen LogP) is 4.04. The maximum Gasteiger partial charge on any atom is 0.212 e. The molecule has 1 saturated heterocycles. The number of allylic oxidation sites excluding steroid dienone is 1. The zero-order valence-electron chi connectivity index (χ0n) is 17.2. The monoisotopic (exact) mass is 399 g/mol. The van der Waals surface area contributed by atoms with Crippen LogP contribution in [0, 0.1) is 11.3 Å². The Morgan fingerprint density at radius 2 is 1.97 bits per heavy atom. The van der Waals surface area contributed by atoms with Gasteiger partial charge in [0.05, 0.1) is 12.8 Å². The Morgan fingerprint density at radius 3 is 2.67 bits per heavy atom. The number of aliphatic imine (C=N–C) groups is 1. The summed E-state index contributed by atoms with van der Waals surface area (Å²) in [7, 11) is 1.61. The number of nitrogens with zero attached hydrogens (tertiary/aromatic N) is 4. The molecule has 2 aliphatic heterocycles. The molecule has 2 aliphatic rings. The first kappa shape index (κ1) is 19.7. The van der Waals surface area contributed by atoms with Crippen molar-refractivity contribution in [2.45, 2.75) is 25.7 Å². The van der Waals surface area contributed by atoms with Crippen LogP contribution in [0.2, 0.25) is 0 Å². The summed E-state index contributed by atoms with van der Waals surface area (Å²) in [5.41, 5.74) is 4.39. The number of rotatable bonds is 5. The topological polar surface area (TPSA) is 73.5 Å². The van der Waals surface area contributed by atoms with Crippen LogP contribution in [0.1, 0.15) is 24.8 Å². The van der Waals surface area contributed by atoms with Gasteiger partial charge >= 0.3 is 0 Å². The molecular weight excluding hydrogens is 374 g/mol. The van der Waals surface area contributed by atoms with Gasteiger partial charge in [-0.25, -0.2) is 9.98 Å². The lowest BCUT2D eigenvalue weighted by Crippen LogP contribution is -2.36. The van der Waals surface area contributed by atoms with Gasteiger partial charge in [0.25, 0.3) is 0 Å². The highest BCUT2D eigenvalue weighted by Crippen LogP contribution is 2.28. The lowest BCUT2D eigenvalue weighted by molar-refractivity contribution is 0.280. The van der Waals surface area contributed by atoms with Crippen molar-refractivity contribution in [2.24, 2.45) is 4.99 Å². The number of hydrogen-bond donors (Lipinski definition) is 1. The van der Waals surface area contributed by atoms with Gasteiger partial charge in [-0.1, -0.05) is 30.8 Å². The molecule has 1 aromatic heterocycles. The highest BCUT2D eigenvalue weighted by molar-refractivity contribution is 5.90. The molecule has 6 nitrogen and oxygen atoms in total. The summed E-state index contributed by atoms with van der Waals surface area (Å²) in [4.78, 5) is 11.4. The Balaban J connectivity index is 1.65. The fourth-order valence-corrected chi connectivity index (χ4v) is 3.92. The average Bonchev–Trinajstić information content (AvgIpc) is 2.80. The summed E-state index contributed by atoms with van der Waals surface area (Å²) in [6, 6.07) is 14.4. The first-order valence-corrected chi connectivity index (χ1v) is 10.2. The number of amidine groups is 1. The summed E-state index contributed by atoms with van der Waals surface area (Å²) in [5, 5.41) is 12.9. The van der Waals surface area contributed by atoms with E-state index in [1.54, 1.807) is 7.11 Å². The van der Waals surface area contributed by atoms with Crippen molar-refractivity contribution in [2.75, 3.05) is 20.2 Å². The number of methoxy groups -OCH3 is 1. The van der Waals surface area contributed by atoms with E-state index in [0.717, 1.165) is 54.3 Å². The van der Waals surface area contributed by atoms with Gasteiger partial charge in [0.15, 0.2) is 5.82 Å². The molecule has 0 saturated carbocycles. The van der Waals surface area contributed by atoms with Crippen molar-refractivity contribution in [3.63, 3.8) is 0 Å². The van der Waals surface area contributed by atoms with E-state index < -0.39 is 0 Å². The molecule has 0 aliphatic carbocycles. The summed E-state index contributed by atoms with van der Waals surface area (Å²) >= 11 is 0. The third-order valence-corrected chi connectivity index (χ3v) is 5.46. The number of aromatic nitrogens is 1. The van der Waals surface area contributed by atoms with Crippen LogP contribution in [-0.4, -0.2) is 35.9 Å². The van der Waals surface area contributed by atoms with Gasteiger partial charge in [-0.3, -0.25) is 0 Å². The number of ether oxygens (including phenoxy) is 1. The first-order valence-electron chi connectivity index (χ1n) is 10.2. The van der Waals surface area contributed by atoms with Gasteiger partial charge in [0, 0.05) is 37.3 Å². The number of nitriles is 1. The van der Waals surface area contributed by atoms with Crippen molar-refractivity contribution in [3.8, 4) is 23.1 Å². The van der Waals surface area contributed by atoms with E-state index in [1.165, 1.54) is 6.42 Å². The molecule has 30 heavy (non-hydrogen) atoms. The normalized spacial score (nSPS) is 16.6. The second-order valence-corrected chi connectivity index (χ2v) is 7.44. The van der Waals surface area contributed by atoms with Gasteiger partial charge < -0.3 is 15.0 Å². The molecule has 1 aromatic carbocycles. The van der Waals surface area contributed by atoms with E-state index >= 15 is 0 Å². The molecule has 0 amide bonds. The van der Waals surface area contributed by atoms with Crippen LogP contribution in [0.4, 0.5) is 0 Å². The van der Waals surface area contributed by atoms with Crippen LogP contribution in [-0.2, 0) is 6.42 Å². The van der Waals surface area contributed by atoms with Crippen molar-refractivity contribution in [1.82, 2.24) is 15.2 Å². The molecule has 0 unspecified atom stereocenters. The van der Waals surface area contributed by atoms with Gasteiger partial charge in [-0.05, 0) is 36.5 Å². The Kier molecular flexibility index (Phi) is 5.80. The molecule has 2 aromatic rings. The third kappa shape index (κ3) is 4.06. The van der Waals surface area contributed by atoms with Crippen LogP contribution >= 0.6 is 0 Å². The lowest BCUT2D eigenvalue weighted by atomic mass is 9.98. The number of likely N-dealkylation sites (tertiary alicyclic amines) is 1. The molecule has 1 N–H and O–H groups in total. The molecule has 3 heterocycles. The van der Waals surface area contributed by atoms with E-state index in [0.29, 0.717) is 23.6 Å². The maximum atomic E-state index is 9.65. The fraction of sp³-hybridized carbons (Fsp3) is 0.292. The van der Waals surface area contributed by atoms with E-state index in [9.17, 15) is 5.26 Å². The van der Waals surface area contributed by atoms with Crippen molar-refractivity contribution in [3.05, 3.63) is 71.8 Å². The Morgan fingerprint density at radius 1 is 1.17 bits per heavy atom. The molecule has 0 spiro atoms. The largest absolute Gasteiger partial charge is 0.481 e. The highest BCUT2D eigenvalue weighted by atomic mass is 16.5. The van der Waals surface area contributed by atoms with E-state index in [1.807, 2.05) is 30.5 Å². The summed E-state index contributed by atoms with van der Waals surface area (Å²) in [6.07, 6.45) is 5.90. The number of hydrogen-bond acceptors (Lipinski definition) is 6. The third-order valence-electron chi connectivity index (χ3n) is 5.46. The molecule has 0 radical (unpaired) electrons. The number of pyridine rings is 1. The minimum absolute atomic E-state index is 0.535. The van der Waals surface area contributed by atoms with Crippen molar-refractivity contribution < 1.29 is 4.74 Å². The maximum absolute atomic E-state index is 9.65. The highest BCUT2D eigenvalue weighted by Gasteiger charge is 2.24. The first-order chi connectivity index (χ1) is 14.7. The van der Waals surface area contributed by atoms with E-state index in [-0.39, 0.29) is 0 Å². The minimum Gasteiger partial charge on any atom is -0.481 e. The van der Waals surface area contributed by atoms with E-state index in [4.69, 9.17) is 9.73 Å². The standard InChI is InChI=1S/C24H25N5O/c1-17-21(15-25)24(29-12-6-3-7-13-29)28-22(27-17)14-18-8-4-5-9-20(18)19-10-11-23(30-2)26-16-19/h4-5,8-11,16H,1,3,6-7,12-14H2,2H3,(H,27,28). The molecule has 0 bridgehead atoms. The van der Waals surface area contributed by atoms with Crippen molar-refractivity contribution in [1.29, 1.82) is 5.26 Å². The number of nitrogens with one attached hydrogen (secondary N) is 1. The second kappa shape index (κ2) is 8.83. The zero-order chi connectivity index (χ0) is 20.9. The number of benzene rings is 1. The minimum atomic E-state index is 0.535. The molecule has 0 atom stereocenters. The Hall–Kier alpha value is -3.59. The molecule has 152 valence electrons. The van der Waals surface area contributed by atoms with Gasteiger partial charge in [-0.2, -0.15) is 5.26 Å². The van der Waals surface area contributed by atoms with Crippen LogP contribution in [0.25, 0.3) is 11.1 Å². The van der Waals surface area contributed by atoms with Crippen LogP contribution in [0.3, 0.4) is 0 Å². The lowest BCUT2D eigenvalue weighted by Gasteiger charge is -2.32. The predicted molar refractivity (Wildman–Crippen MR) is 118 cm³/mol. The quantitative estimate of drug-likeness (QED) is 0.822. The molecule has 6 heteroatoms. The Bertz CT molecular complexity index is 1040. The van der Waals surface area contributed by atoms with Crippen LogP contribution in [0.15, 0.2) is 71.3 Å². The SMILES string of the molecule is C=C1NC(Cc2ccccc2-c2ccc(OC)nc2)=NC(N2CCCCC2)=C1C#N. The van der Waals surface area contributed by atoms with Crippen LogP contribution in [0.5, 0.6) is 5.88 Å². The van der Waals surface area contributed by atoms with Gasteiger partial charge in [-0.15, -0.1) is 0 Å². The molecule has 1 fully saturated rings. The summed E-state index contributed by atoms with van der Waals surface area (Å²) in [5.74, 6) is 2.14. The summed E-state index contributed by atoms with van der Waals surface area (Å²) in [6.45, 7) is 5.94. The van der Waals surface area contributed by atoms with Gasteiger partial charge in [0.2, 0.25) is 5.88 Å². The molecular formula is C24H25N5O. The average molecular weight is 399 g/mol. The second-order valence-electron chi connectivity index (χ2n) is 7.44. The summed E-state index contributed by atoms with van der Waals surface area (Å²) < 4.78 is 5.17. The Labute approximate surface area is 177 Å². The number of piperidine rings is 1. The zero-order valence-corrected chi connectivity index (χ0v) is 17.2. The van der Waals surface area contributed by atoms with Gasteiger partial charge in [0.1, 0.15) is 17.5 Å². The van der Waals surface area contributed by atoms with E-state index in [2.05, 4.69) is 40.0 Å². The fourth-order valence-electron chi connectivity index (χ4n) is 3.92.